The van der Waals surface area contributed by atoms with Crippen LogP contribution in [0.5, 0.6) is 0 Å². The standard InChI is InChI=1S/C21H19NO/c1-15-13-20(23)19-12-11-17-9-5-6-10-18(17)21(19)22(15)14-16-7-3-2-4-8-16/h2-10,13H,11-12,14H2,1H3. The van der Waals surface area contributed by atoms with Crippen molar-refractivity contribution in [2.75, 3.05) is 0 Å². The molecular weight excluding hydrogens is 282 g/mol. The fourth-order valence-electron chi connectivity index (χ4n) is 3.56. The summed E-state index contributed by atoms with van der Waals surface area (Å²) in [5.74, 6) is 0. The van der Waals surface area contributed by atoms with Gasteiger partial charge < -0.3 is 4.57 Å². The van der Waals surface area contributed by atoms with Gasteiger partial charge >= 0.3 is 0 Å². The summed E-state index contributed by atoms with van der Waals surface area (Å²) in [5, 5.41) is 0. The van der Waals surface area contributed by atoms with Gasteiger partial charge in [0.25, 0.3) is 0 Å². The van der Waals surface area contributed by atoms with Crippen molar-refractivity contribution in [2.24, 2.45) is 0 Å². The summed E-state index contributed by atoms with van der Waals surface area (Å²) in [6, 6.07) is 20.7. The zero-order chi connectivity index (χ0) is 15.8. The highest BCUT2D eigenvalue weighted by molar-refractivity contribution is 5.70. The van der Waals surface area contributed by atoms with Crippen molar-refractivity contribution in [3.8, 4) is 11.3 Å². The Hall–Kier alpha value is -2.61. The van der Waals surface area contributed by atoms with Gasteiger partial charge in [0.1, 0.15) is 0 Å². The molecule has 1 aliphatic carbocycles. The van der Waals surface area contributed by atoms with Crippen LogP contribution < -0.4 is 5.43 Å². The minimum Gasteiger partial charge on any atom is -0.340 e. The Morgan fingerprint density at radius 3 is 2.52 bits per heavy atom. The Morgan fingerprint density at radius 2 is 1.70 bits per heavy atom. The van der Waals surface area contributed by atoms with Crippen LogP contribution in [0.4, 0.5) is 0 Å². The van der Waals surface area contributed by atoms with E-state index in [4.69, 9.17) is 0 Å². The molecule has 1 aliphatic rings. The van der Waals surface area contributed by atoms with Gasteiger partial charge in [-0.2, -0.15) is 0 Å². The molecule has 0 saturated carbocycles. The normalized spacial score (nSPS) is 12.6. The molecule has 0 atom stereocenters. The van der Waals surface area contributed by atoms with Gasteiger partial charge in [0.05, 0.1) is 5.69 Å². The van der Waals surface area contributed by atoms with E-state index in [0.717, 1.165) is 36.3 Å². The molecule has 23 heavy (non-hydrogen) atoms. The van der Waals surface area contributed by atoms with Crippen molar-refractivity contribution in [1.82, 2.24) is 4.57 Å². The molecule has 2 aromatic carbocycles. The molecule has 1 heterocycles. The van der Waals surface area contributed by atoms with Crippen LogP contribution >= 0.6 is 0 Å². The maximum Gasteiger partial charge on any atom is 0.185 e. The Labute approximate surface area is 136 Å². The van der Waals surface area contributed by atoms with E-state index in [-0.39, 0.29) is 5.43 Å². The second kappa shape index (κ2) is 5.54. The number of aryl methyl sites for hydroxylation is 2. The van der Waals surface area contributed by atoms with Crippen molar-refractivity contribution in [2.45, 2.75) is 26.3 Å². The lowest BCUT2D eigenvalue weighted by atomic mass is 9.88. The predicted octanol–water partition coefficient (Wildman–Crippen LogP) is 3.97. The van der Waals surface area contributed by atoms with Gasteiger partial charge in [-0.15, -0.1) is 0 Å². The van der Waals surface area contributed by atoms with Crippen LogP contribution in [-0.4, -0.2) is 4.57 Å². The fraction of sp³-hybridized carbons (Fsp3) is 0.190. The monoisotopic (exact) mass is 301 g/mol. The highest BCUT2D eigenvalue weighted by Gasteiger charge is 2.22. The molecule has 0 fully saturated rings. The zero-order valence-corrected chi connectivity index (χ0v) is 13.3. The summed E-state index contributed by atoms with van der Waals surface area (Å²) < 4.78 is 2.30. The molecule has 0 radical (unpaired) electrons. The molecular formula is C21H19NO. The molecule has 0 bridgehead atoms. The van der Waals surface area contributed by atoms with E-state index in [1.165, 1.54) is 16.7 Å². The lowest BCUT2D eigenvalue weighted by Gasteiger charge is -2.25. The van der Waals surface area contributed by atoms with Gasteiger partial charge in [-0.1, -0.05) is 54.6 Å². The maximum atomic E-state index is 12.5. The number of benzene rings is 2. The van der Waals surface area contributed by atoms with Gasteiger partial charge in [-0.25, -0.2) is 0 Å². The molecule has 3 aromatic rings. The number of hydrogen-bond donors (Lipinski definition) is 0. The SMILES string of the molecule is Cc1cc(=O)c2c(n1Cc1ccccc1)-c1ccccc1CC2. The average Bonchev–Trinajstić information content (AvgIpc) is 2.59. The summed E-state index contributed by atoms with van der Waals surface area (Å²) in [4.78, 5) is 12.5. The van der Waals surface area contributed by atoms with E-state index in [1.807, 2.05) is 13.0 Å². The Bertz CT molecular complexity index is 922. The highest BCUT2D eigenvalue weighted by atomic mass is 16.1. The summed E-state index contributed by atoms with van der Waals surface area (Å²) in [6.07, 6.45) is 1.78. The van der Waals surface area contributed by atoms with Crippen LogP contribution in [-0.2, 0) is 19.4 Å². The van der Waals surface area contributed by atoms with Gasteiger partial charge in [0.15, 0.2) is 5.43 Å². The number of pyridine rings is 1. The second-order valence-corrected chi connectivity index (χ2v) is 6.21. The predicted molar refractivity (Wildman–Crippen MR) is 93.8 cm³/mol. The van der Waals surface area contributed by atoms with Crippen LogP contribution in [0.3, 0.4) is 0 Å². The number of rotatable bonds is 2. The first-order valence-corrected chi connectivity index (χ1v) is 8.09. The largest absolute Gasteiger partial charge is 0.340 e. The quantitative estimate of drug-likeness (QED) is 0.702. The van der Waals surface area contributed by atoms with Gasteiger partial charge in [0.2, 0.25) is 0 Å². The molecule has 0 spiro atoms. The molecule has 0 amide bonds. The lowest BCUT2D eigenvalue weighted by Crippen LogP contribution is -2.23. The first-order chi connectivity index (χ1) is 11.2. The van der Waals surface area contributed by atoms with E-state index in [2.05, 4.69) is 53.1 Å². The summed E-state index contributed by atoms with van der Waals surface area (Å²) in [5.41, 5.74) is 7.08. The number of fused-ring (bicyclic) bond motifs is 3. The molecule has 1 aromatic heterocycles. The van der Waals surface area contributed by atoms with Crippen LogP contribution in [0.1, 0.15) is 22.4 Å². The third-order valence-corrected chi connectivity index (χ3v) is 4.72. The Balaban J connectivity index is 1.96. The Kier molecular flexibility index (Phi) is 3.38. The van der Waals surface area contributed by atoms with Crippen molar-refractivity contribution in [3.05, 3.63) is 93.3 Å². The van der Waals surface area contributed by atoms with E-state index in [9.17, 15) is 4.79 Å². The first kappa shape index (κ1) is 14.0. The van der Waals surface area contributed by atoms with E-state index >= 15 is 0 Å². The van der Waals surface area contributed by atoms with Crippen molar-refractivity contribution >= 4 is 0 Å². The number of hydrogen-bond acceptors (Lipinski definition) is 1. The van der Waals surface area contributed by atoms with E-state index in [1.54, 1.807) is 6.07 Å². The third-order valence-electron chi connectivity index (χ3n) is 4.72. The molecule has 114 valence electrons. The second-order valence-electron chi connectivity index (χ2n) is 6.21. The molecule has 0 unspecified atom stereocenters. The van der Waals surface area contributed by atoms with Gasteiger partial charge in [-0.05, 0) is 30.9 Å². The summed E-state index contributed by atoms with van der Waals surface area (Å²) in [7, 11) is 0. The number of aromatic nitrogens is 1. The van der Waals surface area contributed by atoms with Gasteiger partial charge in [0, 0.05) is 29.4 Å². The Morgan fingerprint density at radius 1 is 0.957 bits per heavy atom. The van der Waals surface area contributed by atoms with Gasteiger partial charge in [-0.3, -0.25) is 4.79 Å². The third kappa shape index (κ3) is 2.40. The molecule has 4 rings (SSSR count). The van der Waals surface area contributed by atoms with Crippen LogP contribution in [0.15, 0.2) is 65.5 Å². The average molecular weight is 301 g/mol. The fourth-order valence-corrected chi connectivity index (χ4v) is 3.56. The zero-order valence-electron chi connectivity index (χ0n) is 13.3. The first-order valence-electron chi connectivity index (χ1n) is 8.09. The topological polar surface area (TPSA) is 22.0 Å². The molecule has 2 nitrogen and oxygen atoms in total. The van der Waals surface area contributed by atoms with Crippen molar-refractivity contribution in [1.29, 1.82) is 0 Å². The molecule has 0 saturated heterocycles. The minimum absolute atomic E-state index is 0.177. The maximum absolute atomic E-state index is 12.5. The smallest absolute Gasteiger partial charge is 0.185 e. The van der Waals surface area contributed by atoms with E-state index < -0.39 is 0 Å². The summed E-state index contributed by atoms with van der Waals surface area (Å²) >= 11 is 0. The minimum atomic E-state index is 0.177. The summed E-state index contributed by atoms with van der Waals surface area (Å²) in [6.45, 7) is 2.82. The molecule has 0 aliphatic heterocycles. The lowest BCUT2D eigenvalue weighted by molar-refractivity contribution is 0.742. The van der Waals surface area contributed by atoms with E-state index in [0.29, 0.717) is 0 Å². The van der Waals surface area contributed by atoms with Crippen LogP contribution in [0, 0.1) is 6.92 Å². The highest BCUT2D eigenvalue weighted by Crippen LogP contribution is 2.32. The number of nitrogens with zero attached hydrogens (tertiary/aromatic N) is 1. The van der Waals surface area contributed by atoms with Crippen molar-refractivity contribution < 1.29 is 0 Å². The molecule has 2 heteroatoms. The van der Waals surface area contributed by atoms with Crippen LogP contribution in [0.2, 0.25) is 0 Å². The van der Waals surface area contributed by atoms with Crippen molar-refractivity contribution in [3.63, 3.8) is 0 Å². The van der Waals surface area contributed by atoms with Crippen LogP contribution in [0.25, 0.3) is 11.3 Å². The molecule has 0 N–H and O–H groups in total.